The van der Waals surface area contributed by atoms with Crippen LogP contribution in [0.5, 0.6) is 0 Å². The molecule has 0 unspecified atom stereocenters. The van der Waals surface area contributed by atoms with Crippen molar-refractivity contribution in [2.45, 2.75) is 9.92 Å². The molecule has 0 aliphatic heterocycles. The second-order valence-corrected chi connectivity index (χ2v) is 5.46. The Bertz CT molecular complexity index is 783. The molecule has 0 bridgehead atoms. The van der Waals surface area contributed by atoms with Crippen LogP contribution in [0.15, 0.2) is 63.2 Å². The van der Waals surface area contributed by atoms with E-state index in [1.165, 1.54) is 11.8 Å². The predicted molar refractivity (Wildman–Crippen MR) is 77.9 cm³/mol. The minimum Gasteiger partial charge on any atom is -0.267 e. The van der Waals surface area contributed by atoms with Crippen LogP contribution in [0.4, 0.5) is 0 Å². The van der Waals surface area contributed by atoms with Gasteiger partial charge in [0.05, 0.1) is 5.39 Å². The molecule has 3 rings (SSSR count). The first-order valence-electron chi connectivity index (χ1n) is 5.65. The van der Waals surface area contributed by atoms with Crippen molar-refractivity contribution in [1.82, 2.24) is 10.2 Å². The maximum atomic E-state index is 11.7. The number of benzene rings is 2. The van der Waals surface area contributed by atoms with E-state index in [0.29, 0.717) is 10.4 Å². The van der Waals surface area contributed by atoms with Crippen molar-refractivity contribution in [3.05, 3.63) is 63.9 Å². The summed E-state index contributed by atoms with van der Waals surface area (Å²) < 4.78 is 0. The Labute approximate surface area is 118 Å². The van der Waals surface area contributed by atoms with Crippen molar-refractivity contribution in [3.8, 4) is 0 Å². The average molecular weight is 289 g/mol. The largest absolute Gasteiger partial charge is 0.272 e. The van der Waals surface area contributed by atoms with Crippen LogP contribution in [0.1, 0.15) is 0 Å². The highest BCUT2D eigenvalue weighted by molar-refractivity contribution is 7.99. The van der Waals surface area contributed by atoms with E-state index in [0.717, 1.165) is 15.3 Å². The van der Waals surface area contributed by atoms with Gasteiger partial charge in [-0.05, 0) is 30.3 Å². The Kier molecular flexibility index (Phi) is 3.27. The Morgan fingerprint density at radius 3 is 2.42 bits per heavy atom. The minimum atomic E-state index is -0.170. The van der Waals surface area contributed by atoms with Crippen molar-refractivity contribution in [2.24, 2.45) is 0 Å². The number of hydrogen-bond acceptors (Lipinski definition) is 3. The molecule has 3 aromatic rings. The number of halogens is 1. The molecule has 0 saturated heterocycles. The summed E-state index contributed by atoms with van der Waals surface area (Å²) in [5, 5.41) is 9.61. The zero-order chi connectivity index (χ0) is 13.2. The van der Waals surface area contributed by atoms with E-state index in [4.69, 9.17) is 11.6 Å². The van der Waals surface area contributed by atoms with Crippen molar-refractivity contribution < 1.29 is 0 Å². The third kappa shape index (κ3) is 2.50. The fourth-order valence-electron chi connectivity index (χ4n) is 1.78. The summed E-state index contributed by atoms with van der Waals surface area (Å²) in [6, 6.07) is 14.9. The number of aromatic amines is 1. The number of aromatic nitrogens is 2. The molecule has 0 amide bonds. The quantitative estimate of drug-likeness (QED) is 0.781. The second kappa shape index (κ2) is 5.07. The summed E-state index contributed by atoms with van der Waals surface area (Å²) >= 11 is 7.35. The average Bonchev–Trinajstić information content (AvgIpc) is 2.45. The van der Waals surface area contributed by atoms with E-state index in [1.54, 1.807) is 6.07 Å². The van der Waals surface area contributed by atoms with E-state index < -0.39 is 0 Å². The molecule has 1 N–H and O–H groups in total. The number of H-pyrrole nitrogens is 1. The lowest BCUT2D eigenvalue weighted by Crippen LogP contribution is -2.08. The molecular weight excluding hydrogens is 280 g/mol. The van der Waals surface area contributed by atoms with Crippen molar-refractivity contribution in [2.75, 3.05) is 0 Å². The van der Waals surface area contributed by atoms with Gasteiger partial charge in [-0.1, -0.05) is 41.6 Å². The van der Waals surface area contributed by atoms with Crippen LogP contribution in [0.3, 0.4) is 0 Å². The molecule has 0 aliphatic rings. The third-order valence-corrected chi connectivity index (χ3v) is 3.95. The van der Waals surface area contributed by atoms with Crippen molar-refractivity contribution >= 4 is 34.1 Å². The summed E-state index contributed by atoms with van der Waals surface area (Å²) in [5.41, 5.74) is -0.170. The fraction of sp³-hybridized carbons (Fsp3) is 0. The molecular formula is C14H9ClN2OS. The van der Waals surface area contributed by atoms with Gasteiger partial charge < -0.3 is 0 Å². The summed E-state index contributed by atoms with van der Waals surface area (Å²) in [7, 11) is 0. The third-order valence-electron chi connectivity index (χ3n) is 2.69. The molecule has 1 heterocycles. The molecule has 0 saturated carbocycles. The minimum absolute atomic E-state index is 0.170. The molecule has 0 radical (unpaired) electrons. The smallest absolute Gasteiger partial charge is 0.267 e. The molecule has 3 nitrogen and oxygen atoms in total. The lowest BCUT2D eigenvalue weighted by molar-refractivity contribution is 0.927. The van der Waals surface area contributed by atoms with Gasteiger partial charge >= 0.3 is 0 Å². The van der Waals surface area contributed by atoms with Crippen molar-refractivity contribution in [1.29, 1.82) is 0 Å². The first-order chi connectivity index (χ1) is 9.24. The van der Waals surface area contributed by atoms with E-state index in [-0.39, 0.29) is 5.56 Å². The summed E-state index contributed by atoms with van der Waals surface area (Å²) in [5.74, 6) is 0. The number of rotatable bonds is 2. The van der Waals surface area contributed by atoms with Gasteiger partial charge in [-0.2, -0.15) is 5.10 Å². The maximum Gasteiger partial charge on any atom is 0.272 e. The van der Waals surface area contributed by atoms with E-state index in [9.17, 15) is 4.79 Å². The summed E-state index contributed by atoms with van der Waals surface area (Å²) in [4.78, 5) is 12.7. The van der Waals surface area contributed by atoms with Gasteiger partial charge in [-0.3, -0.25) is 4.79 Å². The Morgan fingerprint density at radius 1 is 1.00 bits per heavy atom. The molecule has 1 aromatic heterocycles. The molecule has 0 atom stereocenters. The molecule has 5 heteroatoms. The monoisotopic (exact) mass is 288 g/mol. The van der Waals surface area contributed by atoms with Crippen LogP contribution in [0.25, 0.3) is 10.8 Å². The van der Waals surface area contributed by atoms with Crippen molar-refractivity contribution in [3.63, 3.8) is 0 Å². The molecule has 0 fully saturated rings. The molecule has 2 aromatic carbocycles. The lowest BCUT2D eigenvalue weighted by Gasteiger charge is -2.04. The molecule has 94 valence electrons. The Balaban J connectivity index is 2.08. The highest BCUT2D eigenvalue weighted by Gasteiger charge is 2.07. The van der Waals surface area contributed by atoms with Gasteiger partial charge in [0, 0.05) is 15.3 Å². The van der Waals surface area contributed by atoms with E-state index in [1.807, 2.05) is 42.5 Å². The highest BCUT2D eigenvalue weighted by Crippen LogP contribution is 2.30. The van der Waals surface area contributed by atoms with E-state index in [2.05, 4.69) is 10.2 Å². The highest BCUT2D eigenvalue weighted by atomic mass is 35.5. The normalized spacial score (nSPS) is 10.8. The number of fused-ring (bicyclic) bond motifs is 1. The van der Waals surface area contributed by atoms with Crippen LogP contribution in [0, 0.1) is 0 Å². The van der Waals surface area contributed by atoms with Crippen LogP contribution >= 0.6 is 23.4 Å². The number of nitrogens with zero attached hydrogens (tertiary/aromatic N) is 1. The van der Waals surface area contributed by atoms with Gasteiger partial charge in [0.25, 0.3) is 5.56 Å². The molecule has 19 heavy (non-hydrogen) atoms. The SMILES string of the molecule is O=c1[nH]nc(Sc2ccc(Cl)cc2)c2ccccc12. The fourth-order valence-corrected chi connectivity index (χ4v) is 2.78. The van der Waals surface area contributed by atoms with Crippen LogP contribution in [-0.4, -0.2) is 10.2 Å². The van der Waals surface area contributed by atoms with Crippen LogP contribution < -0.4 is 5.56 Å². The Morgan fingerprint density at radius 2 is 1.68 bits per heavy atom. The lowest BCUT2D eigenvalue weighted by atomic mass is 10.2. The number of nitrogens with one attached hydrogen (secondary N) is 1. The zero-order valence-corrected chi connectivity index (χ0v) is 11.3. The van der Waals surface area contributed by atoms with Gasteiger partial charge in [0.1, 0.15) is 5.03 Å². The van der Waals surface area contributed by atoms with E-state index >= 15 is 0 Å². The molecule has 0 spiro atoms. The first-order valence-corrected chi connectivity index (χ1v) is 6.84. The topological polar surface area (TPSA) is 45.8 Å². The van der Waals surface area contributed by atoms with Crippen LogP contribution in [0.2, 0.25) is 5.02 Å². The van der Waals surface area contributed by atoms with Crippen LogP contribution in [-0.2, 0) is 0 Å². The standard InChI is InChI=1S/C14H9ClN2OS/c15-9-5-7-10(8-6-9)19-14-12-4-2-1-3-11(12)13(18)16-17-14/h1-8H,(H,16,18). The number of hydrogen-bond donors (Lipinski definition) is 1. The van der Waals surface area contributed by atoms with Gasteiger partial charge in [0.15, 0.2) is 0 Å². The predicted octanol–water partition coefficient (Wildman–Crippen LogP) is 3.73. The van der Waals surface area contributed by atoms with Gasteiger partial charge in [-0.25, -0.2) is 5.10 Å². The van der Waals surface area contributed by atoms with Gasteiger partial charge in [-0.15, -0.1) is 0 Å². The maximum absolute atomic E-state index is 11.7. The molecule has 0 aliphatic carbocycles. The summed E-state index contributed by atoms with van der Waals surface area (Å²) in [6.45, 7) is 0. The Hall–Kier alpha value is -1.78. The van der Waals surface area contributed by atoms with Gasteiger partial charge in [0.2, 0.25) is 0 Å². The zero-order valence-electron chi connectivity index (χ0n) is 9.76. The first kappa shape index (κ1) is 12.3. The summed E-state index contributed by atoms with van der Waals surface area (Å²) in [6.07, 6.45) is 0. The second-order valence-electron chi connectivity index (χ2n) is 3.96.